The lowest BCUT2D eigenvalue weighted by Gasteiger charge is -2.32. The van der Waals surface area contributed by atoms with Crippen molar-refractivity contribution in [1.29, 1.82) is 0 Å². The molecule has 0 spiro atoms. The maximum absolute atomic E-state index is 14.0. The first-order valence-electron chi connectivity index (χ1n) is 12.8. The van der Waals surface area contributed by atoms with Crippen LogP contribution in [0.3, 0.4) is 0 Å². The monoisotopic (exact) mass is 470 g/mol. The number of nitrogens with one attached hydrogen (secondary N) is 1. The molecule has 0 saturated carbocycles. The second-order valence-electron chi connectivity index (χ2n) is 9.15. The number of aryl methyl sites for hydroxylation is 1. The maximum Gasteiger partial charge on any atom is 0.242 e. The first kappa shape index (κ1) is 26.2. The highest BCUT2D eigenvalue weighted by atomic mass is 16.2. The number of unbranched alkanes of at least 4 members (excludes halogenated alkanes) is 1. The van der Waals surface area contributed by atoms with Gasteiger partial charge in [-0.05, 0) is 36.5 Å². The lowest BCUT2D eigenvalue weighted by Crippen LogP contribution is -2.49. The van der Waals surface area contributed by atoms with Crippen molar-refractivity contribution in [3.8, 4) is 0 Å². The minimum absolute atomic E-state index is 0.0132. The van der Waals surface area contributed by atoms with Crippen LogP contribution in [0, 0.1) is 6.92 Å². The topological polar surface area (TPSA) is 49.4 Å². The first-order valence-corrected chi connectivity index (χ1v) is 12.8. The predicted octanol–water partition coefficient (Wildman–Crippen LogP) is 6.24. The van der Waals surface area contributed by atoms with Gasteiger partial charge in [0.05, 0.1) is 0 Å². The Kier molecular flexibility index (Phi) is 10.1. The molecule has 0 aromatic heterocycles. The molecule has 0 aliphatic heterocycles. The molecule has 4 heteroatoms. The van der Waals surface area contributed by atoms with Crippen molar-refractivity contribution < 1.29 is 9.59 Å². The van der Waals surface area contributed by atoms with Crippen molar-refractivity contribution in [3.63, 3.8) is 0 Å². The summed E-state index contributed by atoms with van der Waals surface area (Å²) in [7, 11) is 0. The molecule has 0 saturated heterocycles. The van der Waals surface area contributed by atoms with Crippen LogP contribution < -0.4 is 5.32 Å². The Hall–Kier alpha value is -3.40. The fraction of sp³-hybridized carbons (Fsp3) is 0.355. The lowest BCUT2D eigenvalue weighted by atomic mass is 9.88. The van der Waals surface area contributed by atoms with Crippen LogP contribution in [-0.4, -0.2) is 29.3 Å². The van der Waals surface area contributed by atoms with E-state index in [0.29, 0.717) is 25.9 Å². The summed E-state index contributed by atoms with van der Waals surface area (Å²) in [5, 5.41) is 3.05. The molecule has 3 rings (SSSR count). The van der Waals surface area contributed by atoms with Gasteiger partial charge in [-0.2, -0.15) is 0 Å². The molecule has 184 valence electrons. The van der Waals surface area contributed by atoms with E-state index in [9.17, 15) is 9.59 Å². The molecule has 0 heterocycles. The van der Waals surface area contributed by atoms with Crippen LogP contribution in [0.15, 0.2) is 84.9 Å². The van der Waals surface area contributed by atoms with Crippen LogP contribution >= 0.6 is 0 Å². The second-order valence-corrected chi connectivity index (χ2v) is 9.15. The predicted molar refractivity (Wildman–Crippen MR) is 143 cm³/mol. The van der Waals surface area contributed by atoms with E-state index in [-0.39, 0.29) is 17.7 Å². The molecule has 3 aromatic rings. The highest BCUT2D eigenvalue weighted by Gasteiger charge is 2.30. The van der Waals surface area contributed by atoms with Gasteiger partial charge in [0.25, 0.3) is 0 Å². The molecular formula is C31H38N2O2. The number of amides is 2. The number of hydrogen-bond donors (Lipinski definition) is 1. The van der Waals surface area contributed by atoms with Crippen LogP contribution in [0.25, 0.3) is 0 Å². The summed E-state index contributed by atoms with van der Waals surface area (Å²) >= 11 is 0. The second kappa shape index (κ2) is 13.5. The molecule has 3 aromatic carbocycles. The Labute approximate surface area is 210 Å². The summed E-state index contributed by atoms with van der Waals surface area (Å²) in [5.41, 5.74) is 4.40. The number of nitrogens with zero attached hydrogens (tertiary/aromatic N) is 1. The zero-order chi connectivity index (χ0) is 25.0. The maximum atomic E-state index is 14.0. The molecular weight excluding hydrogens is 432 g/mol. The van der Waals surface area contributed by atoms with Crippen molar-refractivity contribution in [2.75, 3.05) is 6.54 Å². The number of benzene rings is 3. The Morgan fingerprint density at radius 1 is 0.829 bits per heavy atom. The van der Waals surface area contributed by atoms with Gasteiger partial charge in [-0.1, -0.05) is 111 Å². The minimum atomic E-state index is -0.507. The van der Waals surface area contributed by atoms with Crippen molar-refractivity contribution in [3.05, 3.63) is 107 Å². The van der Waals surface area contributed by atoms with Gasteiger partial charge in [0.1, 0.15) is 6.04 Å². The molecule has 0 aliphatic rings. The molecule has 35 heavy (non-hydrogen) atoms. The van der Waals surface area contributed by atoms with Gasteiger partial charge < -0.3 is 10.2 Å². The molecule has 1 atom stereocenters. The normalized spacial score (nSPS) is 11.8. The smallest absolute Gasteiger partial charge is 0.242 e. The third-order valence-corrected chi connectivity index (χ3v) is 6.47. The largest absolute Gasteiger partial charge is 0.354 e. The van der Waals surface area contributed by atoms with Gasteiger partial charge in [-0.25, -0.2) is 0 Å². The molecule has 1 N–H and O–H groups in total. The highest BCUT2D eigenvalue weighted by molar-refractivity contribution is 5.88. The van der Waals surface area contributed by atoms with Crippen molar-refractivity contribution in [2.24, 2.45) is 0 Å². The van der Waals surface area contributed by atoms with E-state index in [4.69, 9.17) is 0 Å². The Morgan fingerprint density at radius 2 is 1.40 bits per heavy atom. The molecule has 0 radical (unpaired) electrons. The van der Waals surface area contributed by atoms with Crippen LogP contribution in [0.1, 0.15) is 67.7 Å². The van der Waals surface area contributed by atoms with Gasteiger partial charge in [-0.15, -0.1) is 0 Å². The number of rotatable bonds is 12. The molecule has 0 unspecified atom stereocenters. The minimum Gasteiger partial charge on any atom is -0.354 e. The zero-order valence-electron chi connectivity index (χ0n) is 21.2. The fourth-order valence-electron chi connectivity index (χ4n) is 4.41. The van der Waals surface area contributed by atoms with E-state index < -0.39 is 6.04 Å². The van der Waals surface area contributed by atoms with Crippen LogP contribution in [0.2, 0.25) is 0 Å². The van der Waals surface area contributed by atoms with E-state index in [1.807, 2.05) is 62.4 Å². The first-order chi connectivity index (χ1) is 17.0. The Balaban J connectivity index is 1.91. The van der Waals surface area contributed by atoms with Crippen molar-refractivity contribution in [1.82, 2.24) is 10.2 Å². The quantitative estimate of drug-likeness (QED) is 0.319. The summed E-state index contributed by atoms with van der Waals surface area (Å²) in [6, 6.07) is 28.0. The van der Waals surface area contributed by atoms with Crippen molar-refractivity contribution in [2.45, 2.75) is 65.0 Å². The zero-order valence-corrected chi connectivity index (χ0v) is 21.2. The van der Waals surface area contributed by atoms with E-state index in [0.717, 1.165) is 29.5 Å². The van der Waals surface area contributed by atoms with Gasteiger partial charge in [0.15, 0.2) is 0 Å². The fourth-order valence-corrected chi connectivity index (χ4v) is 4.41. The third-order valence-electron chi connectivity index (χ3n) is 6.47. The summed E-state index contributed by atoms with van der Waals surface area (Å²) in [6.07, 6.45) is 2.81. The summed E-state index contributed by atoms with van der Waals surface area (Å²) in [6.45, 7) is 7.17. The number of hydrogen-bond acceptors (Lipinski definition) is 2. The van der Waals surface area contributed by atoms with E-state index in [1.54, 1.807) is 4.90 Å². The lowest BCUT2D eigenvalue weighted by molar-refractivity contribution is -0.141. The molecule has 0 aliphatic carbocycles. The summed E-state index contributed by atoms with van der Waals surface area (Å²) < 4.78 is 0. The van der Waals surface area contributed by atoms with E-state index in [1.165, 1.54) is 5.56 Å². The van der Waals surface area contributed by atoms with Crippen LogP contribution in [0.4, 0.5) is 0 Å². The summed E-state index contributed by atoms with van der Waals surface area (Å²) in [4.78, 5) is 28.9. The van der Waals surface area contributed by atoms with Gasteiger partial charge >= 0.3 is 0 Å². The standard InChI is InChI=1S/C31H38N2O2/c1-4-6-21-32-31(35)29(5-2)33(23-25-19-17-24(3)18-20-25)30(34)22-28(26-13-9-7-10-14-26)27-15-11-8-12-16-27/h7-20,28-29H,4-6,21-23H2,1-3H3,(H,32,35)/t29-/m1/s1. The van der Waals surface area contributed by atoms with Crippen LogP contribution in [0.5, 0.6) is 0 Å². The SMILES string of the molecule is CCCCNC(=O)[C@@H](CC)N(Cc1ccc(C)cc1)C(=O)CC(c1ccccc1)c1ccccc1. The average Bonchev–Trinajstić information content (AvgIpc) is 2.89. The Morgan fingerprint density at radius 3 is 1.91 bits per heavy atom. The van der Waals surface area contributed by atoms with Gasteiger partial charge in [0, 0.05) is 25.4 Å². The highest BCUT2D eigenvalue weighted by Crippen LogP contribution is 2.29. The van der Waals surface area contributed by atoms with Gasteiger partial charge in [-0.3, -0.25) is 9.59 Å². The van der Waals surface area contributed by atoms with E-state index >= 15 is 0 Å². The number of carbonyl (C=O) groups is 2. The molecule has 2 amide bonds. The van der Waals surface area contributed by atoms with Crippen molar-refractivity contribution >= 4 is 11.8 Å². The molecule has 0 fully saturated rings. The Bertz CT molecular complexity index is 1010. The number of carbonyl (C=O) groups excluding carboxylic acids is 2. The van der Waals surface area contributed by atoms with E-state index in [2.05, 4.69) is 48.6 Å². The van der Waals surface area contributed by atoms with Gasteiger partial charge in [0.2, 0.25) is 11.8 Å². The third kappa shape index (κ3) is 7.54. The average molecular weight is 471 g/mol. The molecule has 0 bridgehead atoms. The summed E-state index contributed by atoms with van der Waals surface area (Å²) in [5.74, 6) is -0.163. The van der Waals surface area contributed by atoms with Crippen LogP contribution in [-0.2, 0) is 16.1 Å². The molecule has 4 nitrogen and oxygen atoms in total.